The van der Waals surface area contributed by atoms with Gasteiger partial charge in [0.2, 0.25) is 5.91 Å². The number of thioether (sulfide) groups is 1. The molecule has 0 spiro atoms. The van der Waals surface area contributed by atoms with E-state index >= 15 is 0 Å². The fourth-order valence-electron chi connectivity index (χ4n) is 6.17. The van der Waals surface area contributed by atoms with Crippen molar-refractivity contribution in [3.05, 3.63) is 10.6 Å². The highest BCUT2D eigenvalue weighted by Gasteiger charge is 2.60. The lowest BCUT2D eigenvalue weighted by Gasteiger charge is -2.46. The first-order chi connectivity index (χ1) is 18.6. The summed E-state index contributed by atoms with van der Waals surface area (Å²) < 4.78 is 0. The number of carbonyl (C=O) groups is 3. The largest absolute Gasteiger partial charge is 0.477 e. The quantitative estimate of drug-likeness (QED) is 0.356. The van der Waals surface area contributed by atoms with Gasteiger partial charge in [0.15, 0.2) is 0 Å². The number of β-lactam (4-membered cyclic amide) rings is 1. The van der Waals surface area contributed by atoms with Gasteiger partial charge in [-0.25, -0.2) is 4.79 Å². The maximum atomic E-state index is 12.4. The van der Waals surface area contributed by atoms with Gasteiger partial charge in [0.25, 0.3) is 0 Å². The van der Waals surface area contributed by atoms with Crippen LogP contribution in [0.1, 0.15) is 46.5 Å². The number of aliphatic hydroxyl groups excluding tert-OH is 1. The lowest BCUT2D eigenvalue weighted by molar-refractivity contribution is -0.163. The second-order valence-corrected chi connectivity index (χ2v) is 13.4. The van der Waals surface area contributed by atoms with Gasteiger partial charge in [0.1, 0.15) is 11.5 Å². The smallest absolute Gasteiger partial charge is 0.353 e. The lowest BCUT2D eigenvalue weighted by Crippen LogP contribution is -2.63. The number of Topliss-reactive ketones (excluding diaryl/α,β-unsaturated/α-hetero) is 1. The molecule has 4 atom stereocenters. The zero-order valence-corrected chi connectivity index (χ0v) is 24.7. The number of likely N-dealkylation sites (tertiary alicyclic amines) is 2. The molecule has 6 heterocycles. The standard InChI is InChI=1S/C18H27N3O4S.C6H11NO.C4H9N/c1-9-14-13(10(2)22)17(23)21(14)15(18(24)25)16(9)26-12-7-20(8-12)11-3-5-19-6-4-11;1-7-4-2-6(8)3-5-7;1-4-2-5-3-4/h9-14,19,22H,3-8H2,1-2H3,(H,24,25);2-5H2,1H3;4-5H,2-3H2,1H3/t9-,10-,13-,14-;;/m1../s1. The van der Waals surface area contributed by atoms with Crippen LogP contribution in [0.5, 0.6) is 0 Å². The van der Waals surface area contributed by atoms with Gasteiger partial charge in [-0.15, -0.1) is 11.8 Å². The zero-order valence-electron chi connectivity index (χ0n) is 23.9. The molecule has 4 N–H and O–H groups in total. The van der Waals surface area contributed by atoms with Crippen LogP contribution in [0.4, 0.5) is 0 Å². The van der Waals surface area contributed by atoms with E-state index in [-0.39, 0.29) is 23.6 Å². The molecule has 6 rings (SSSR count). The number of nitrogens with one attached hydrogen (secondary N) is 2. The molecule has 220 valence electrons. The van der Waals surface area contributed by atoms with Gasteiger partial charge in [-0.3, -0.25) is 14.5 Å². The van der Waals surface area contributed by atoms with E-state index in [9.17, 15) is 24.6 Å². The number of piperidine rings is 2. The highest BCUT2D eigenvalue weighted by Crippen LogP contribution is 2.52. The fraction of sp³-hybridized carbons (Fsp3) is 0.821. The van der Waals surface area contributed by atoms with Crippen molar-refractivity contribution in [3.8, 4) is 0 Å². The predicted molar refractivity (Wildman–Crippen MR) is 152 cm³/mol. The average molecular weight is 566 g/mol. The Morgan fingerprint density at radius 2 is 1.64 bits per heavy atom. The van der Waals surface area contributed by atoms with Crippen molar-refractivity contribution in [1.82, 2.24) is 25.3 Å². The topological polar surface area (TPSA) is 125 Å². The number of carboxylic acids is 1. The number of carboxylic acid groups (broad SMARTS) is 1. The van der Waals surface area contributed by atoms with Crippen molar-refractivity contribution in [1.29, 1.82) is 0 Å². The Hall–Kier alpha value is -1.50. The van der Waals surface area contributed by atoms with E-state index in [1.165, 1.54) is 30.8 Å². The number of hydrogen-bond donors (Lipinski definition) is 4. The Morgan fingerprint density at radius 3 is 2.10 bits per heavy atom. The zero-order chi connectivity index (χ0) is 28.3. The minimum Gasteiger partial charge on any atom is -0.477 e. The first-order valence-corrected chi connectivity index (χ1v) is 15.5. The molecule has 10 nitrogen and oxygen atoms in total. The molecule has 6 aliphatic heterocycles. The normalized spacial score (nSPS) is 31.2. The monoisotopic (exact) mass is 565 g/mol. The number of fused-ring (bicyclic) bond motifs is 1. The molecule has 1 amide bonds. The Morgan fingerprint density at radius 1 is 1.05 bits per heavy atom. The van der Waals surface area contributed by atoms with E-state index in [1.807, 2.05) is 14.0 Å². The Balaban J connectivity index is 0.000000221. The van der Waals surface area contributed by atoms with E-state index in [0.717, 1.165) is 62.9 Å². The minimum atomic E-state index is -1.03. The molecule has 6 aliphatic rings. The summed E-state index contributed by atoms with van der Waals surface area (Å²) in [5, 5.41) is 26.5. The summed E-state index contributed by atoms with van der Waals surface area (Å²) in [6.07, 6.45) is 3.13. The van der Waals surface area contributed by atoms with E-state index in [2.05, 4.69) is 27.4 Å². The second-order valence-electron chi connectivity index (χ2n) is 12.1. The van der Waals surface area contributed by atoms with Crippen LogP contribution in [0.3, 0.4) is 0 Å². The summed E-state index contributed by atoms with van der Waals surface area (Å²) in [6, 6.07) is 0.430. The number of carbonyl (C=O) groups excluding carboxylic acids is 2. The van der Waals surface area contributed by atoms with E-state index in [4.69, 9.17) is 0 Å². The highest BCUT2D eigenvalue weighted by atomic mass is 32.2. The van der Waals surface area contributed by atoms with Crippen LogP contribution in [-0.4, -0.2) is 125 Å². The molecule has 11 heteroatoms. The van der Waals surface area contributed by atoms with Crippen molar-refractivity contribution < 1.29 is 24.6 Å². The number of amides is 1. The van der Waals surface area contributed by atoms with E-state index in [1.54, 1.807) is 18.7 Å². The maximum absolute atomic E-state index is 12.4. The molecule has 0 saturated carbocycles. The van der Waals surface area contributed by atoms with Gasteiger partial charge in [0, 0.05) is 61.1 Å². The predicted octanol–water partition coefficient (Wildman–Crippen LogP) is 0.816. The molecule has 0 unspecified atom stereocenters. The molecular weight excluding hydrogens is 518 g/mol. The lowest BCUT2D eigenvalue weighted by atomic mass is 9.79. The third-order valence-corrected chi connectivity index (χ3v) is 10.3. The molecule has 0 aromatic carbocycles. The van der Waals surface area contributed by atoms with E-state index < -0.39 is 18.0 Å². The van der Waals surface area contributed by atoms with Crippen LogP contribution >= 0.6 is 11.8 Å². The first-order valence-electron chi connectivity index (χ1n) is 14.6. The molecule has 0 aromatic heterocycles. The third-order valence-electron chi connectivity index (χ3n) is 8.84. The van der Waals surface area contributed by atoms with E-state index in [0.29, 0.717) is 17.1 Å². The van der Waals surface area contributed by atoms with Crippen molar-refractivity contribution >= 4 is 29.4 Å². The molecule has 5 fully saturated rings. The van der Waals surface area contributed by atoms with Gasteiger partial charge in [-0.2, -0.15) is 0 Å². The van der Waals surface area contributed by atoms with Crippen LogP contribution in [0, 0.1) is 17.8 Å². The van der Waals surface area contributed by atoms with Gasteiger partial charge in [-0.05, 0) is 58.9 Å². The third kappa shape index (κ3) is 7.05. The van der Waals surface area contributed by atoms with Crippen LogP contribution < -0.4 is 10.6 Å². The second kappa shape index (κ2) is 13.4. The average Bonchev–Trinajstić information content (AvgIpc) is 3.10. The molecule has 0 aromatic rings. The molecule has 5 saturated heterocycles. The van der Waals surface area contributed by atoms with Crippen LogP contribution in [0.2, 0.25) is 0 Å². The number of rotatable bonds is 5. The molecule has 39 heavy (non-hydrogen) atoms. The Kier molecular flexibility index (Phi) is 10.5. The van der Waals surface area contributed by atoms with Crippen molar-refractivity contribution in [3.63, 3.8) is 0 Å². The summed E-state index contributed by atoms with van der Waals surface area (Å²) in [7, 11) is 2.05. The van der Waals surface area contributed by atoms with Gasteiger partial charge in [0.05, 0.1) is 18.1 Å². The van der Waals surface area contributed by atoms with Gasteiger partial charge < -0.3 is 30.6 Å². The van der Waals surface area contributed by atoms with Crippen molar-refractivity contribution in [2.75, 3.05) is 59.4 Å². The Bertz CT molecular complexity index is 919. The summed E-state index contributed by atoms with van der Waals surface area (Å²) in [4.78, 5) is 41.7. The summed E-state index contributed by atoms with van der Waals surface area (Å²) >= 11 is 1.64. The molecule has 0 aliphatic carbocycles. The van der Waals surface area contributed by atoms with Crippen molar-refractivity contribution in [2.24, 2.45) is 17.8 Å². The number of ketones is 1. The fourth-order valence-corrected chi connectivity index (χ4v) is 7.72. The summed E-state index contributed by atoms with van der Waals surface area (Å²) in [6.45, 7) is 14.3. The maximum Gasteiger partial charge on any atom is 0.353 e. The summed E-state index contributed by atoms with van der Waals surface area (Å²) in [5.41, 5.74) is 0.148. The van der Waals surface area contributed by atoms with Gasteiger partial charge in [-0.1, -0.05) is 13.8 Å². The molecule has 0 bridgehead atoms. The van der Waals surface area contributed by atoms with Crippen LogP contribution in [-0.2, 0) is 14.4 Å². The summed E-state index contributed by atoms with van der Waals surface area (Å²) in [5.74, 6) is -0.428. The Labute approximate surface area is 236 Å². The number of hydrogen-bond acceptors (Lipinski definition) is 9. The molecule has 0 radical (unpaired) electrons. The highest BCUT2D eigenvalue weighted by molar-refractivity contribution is 8.03. The first kappa shape index (κ1) is 30.5. The minimum absolute atomic E-state index is 0.0312. The molecular formula is C28H47N5O5S. The van der Waals surface area contributed by atoms with Crippen LogP contribution in [0.15, 0.2) is 10.6 Å². The number of aliphatic hydroxyl groups is 1. The van der Waals surface area contributed by atoms with Crippen LogP contribution in [0.25, 0.3) is 0 Å². The van der Waals surface area contributed by atoms with Gasteiger partial charge >= 0.3 is 5.97 Å². The SMILES string of the molecule is CC1CNC1.CN1CCC(=O)CC1.C[C@@H](O)[C@H]1C(=O)N2C(C(=O)O)=C(SC3CN(C4CCNCC4)C3)[C@H](C)[C@H]12. The van der Waals surface area contributed by atoms with Crippen molar-refractivity contribution in [2.45, 2.75) is 69.9 Å². The number of aliphatic carboxylic acids is 1. The number of nitrogens with zero attached hydrogens (tertiary/aromatic N) is 3.